The Morgan fingerprint density at radius 1 is 1.25 bits per heavy atom. The topological polar surface area (TPSA) is 127 Å². The second-order valence-electron chi connectivity index (χ2n) is 4.78. The predicted octanol–water partition coefficient (Wildman–Crippen LogP) is 1.28. The summed E-state index contributed by atoms with van der Waals surface area (Å²) in [5.74, 6) is -0.386. The number of hydrogen-bond acceptors (Lipinski definition) is 6. The summed E-state index contributed by atoms with van der Waals surface area (Å²) < 4.78 is 5.06. The molecule has 3 N–H and O–H groups in total. The standard InChI is InChI=1S/C15H16N4O5/c1-16-12-5-4-10(7-13(12)19(22)23)15(21)18-9-14(20)17-8-11-3-2-6-24-11/h2-7,16H,8-9H2,1H3,(H,17,20)(H,18,21). The van der Waals surface area contributed by atoms with E-state index < -0.39 is 16.7 Å². The van der Waals surface area contributed by atoms with Crippen molar-refractivity contribution in [3.8, 4) is 0 Å². The first-order chi connectivity index (χ1) is 11.5. The first kappa shape index (κ1) is 17.0. The highest BCUT2D eigenvalue weighted by Gasteiger charge is 2.17. The Morgan fingerprint density at radius 3 is 2.67 bits per heavy atom. The lowest BCUT2D eigenvalue weighted by Gasteiger charge is -2.07. The van der Waals surface area contributed by atoms with Gasteiger partial charge in [0, 0.05) is 18.7 Å². The molecule has 0 aliphatic heterocycles. The minimum Gasteiger partial charge on any atom is -0.467 e. The van der Waals surface area contributed by atoms with Crippen LogP contribution in [0.15, 0.2) is 41.0 Å². The van der Waals surface area contributed by atoms with Crippen LogP contribution in [0.4, 0.5) is 11.4 Å². The summed E-state index contributed by atoms with van der Waals surface area (Å²) in [4.78, 5) is 34.1. The molecule has 0 bridgehead atoms. The summed E-state index contributed by atoms with van der Waals surface area (Å²) in [6.07, 6.45) is 1.49. The van der Waals surface area contributed by atoms with Gasteiger partial charge in [-0.25, -0.2) is 0 Å². The van der Waals surface area contributed by atoms with Crippen molar-refractivity contribution in [2.75, 3.05) is 18.9 Å². The van der Waals surface area contributed by atoms with Crippen molar-refractivity contribution in [2.24, 2.45) is 0 Å². The van der Waals surface area contributed by atoms with Gasteiger partial charge >= 0.3 is 0 Å². The van der Waals surface area contributed by atoms with Crippen molar-refractivity contribution in [1.82, 2.24) is 10.6 Å². The van der Waals surface area contributed by atoms with Crippen molar-refractivity contribution in [1.29, 1.82) is 0 Å². The molecule has 0 saturated heterocycles. The monoisotopic (exact) mass is 332 g/mol. The smallest absolute Gasteiger partial charge is 0.293 e. The lowest BCUT2D eigenvalue weighted by molar-refractivity contribution is -0.384. The molecule has 24 heavy (non-hydrogen) atoms. The molecule has 126 valence electrons. The van der Waals surface area contributed by atoms with Gasteiger partial charge in [0.15, 0.2) is 0 Å². The lowest BCUT2D eigenvalue weighted by atomic mass is 10.1. The van der Waals surface area contributed by atoms with Gasteiger partial charge in [0.25, 0.3) is 11.6 Å². The quantitative estimate of drug-likeness (QED) is 0.518. The van der Waals surface area contributed by atoms with Crippen molar-refractivity contribution in [3.63, 3.8) is 0 Å². The zero-order valence-corrected chi connectivity index (χ0v) is 12.9. The lowest BCUT2D eigenvalue weighted by Crippen LogP contribution is -2.36. The third-order valence-corrected chi connectivity index (χ3v) is 3.18. The van der Waals surface area contributed by atoms with Crippen LogP contribution in [-0.4, -0.2) is 30.3 Å². The van der Waals surface area contributed by atoms with Gasteiger partial charge in [-0.3, -0.25) is 19.7 Å². The second-order valence-corrected chi connectivity index (χ2v) is 4.78. The van der Waals surface area contributed by atoms with Crippen LogP contribution in [0.3, 0.4) is 0 Å². The van der Waals surface area contributed by atoms with E-state index >= 15 is 0 Å². The molecule has 0 atom stereocenters. The fourth-order valence-electron chi connectivity index (χ4n) is 1.96. The van der Waals surface area contributed by atoms with Gasteiger partial charge in [-0.15, -0.1) is 0 Å². The number of carbonyl (C=O) groups excluding carboxylic acids is 2. The Balaban J connectivity index is 1.91. The maximum Gasteiger partial charge on any atom is 0.293 e. The zero-order chi connectivity index (χ0) is 17.5. The molecule has 1 aromatic heterocycles. The summed E-state index contributed by atoms with van der Waals surface area (Å²) in [5, 5.41) is 18.6. The number of nitro benzene ring substituents is 1. The summed E-state index contributed by atoms with van der Waals surface area (Å²) in [6, 6.07) is 7.44. The van der Waals surface area contributed by atoms with E-state index in [2.05, 4.69) is 16.0 Å². The Labute approximate surface area is 137 Å². The minimum atomic E-state index is -0.585. The molecule has 0 unspecified atom stereocenters. The van der Waals surface area contributed by atoms with Crippen molar-refractivity contribution in [2.45, 2.75) is 6.54 Å². The normalized spacial score (nSPS) is 10.0. The molecule has 0 saturated carbocycles. The van der Waals surface area contributed by atoms with Crippen LogP contribution in [0.25, 0.3) is 0 Å². The minimum absolute atomic E-state index is 0.0968. The van der Waals surface area contributed by atoms with E-state index in [1.165, 1.54) is 18.4 Å². The van der Waals surface area contributed by atoms with E-state index in [1.54, 1.807) is 19.2 Å². The van der Waals surface area contributed by atoms with E-state index in [0.29, 0.717) is 11.4 Å². The summed E-state index contributed by atoms with van der Waals surface area (Å²) >= 11 is 0. The van der Waals surface area contributed by atoms with Crippen LogP contribution in [-0.2, 0) is 11.3 Å². The maximum absolute atomic E-state index is 12.0. The number of nitro groups is 1. The molecule has 1 heterocycles. The molecule has 9 heteroatoms. The number of anilines is 1. The molecular formula is C15H16N4O5. The number of rotatable bonds is 7. The molecule has 9 nitrogen and oxygen atoms in total. The van der Waals surface area contributed by atoms with Gasteiger partial charge in [0.05, 0.1) is 24.3 Å². The van der Waals surface area contributed by atoms with Crippen LogP contribution >= 0.6 is 0 Å². The fourth-order valence-corrected chi connectivity index (χ4v) is 1.96. The Kier molecular flexibility index (Phi) is 5.50. The van der Waals surface area contributed by atoms with Crippen LogP contribution in [0.1, 0.15) is 16.1 Å². The number of furan rings is 1. The fraction of sp³-hybridized carbons (Fsp3) is 0.200. The van der Waals surface area contributed by atoms with Gasteiger partial charge in [0.2, 0.25) is 5.91 Å². The maximum atomic E-state index is 12.0. The zero-order valence-electron chi connectivity index (χ0n) is 12.9. The molecule has 0 radical (unpaired) electrons. The highest BCUT2D eigenvalue weighted by Crippen LogP contribution is 2.24. The van der Waals surface area contributed by atoms with E-state index in [0.717, 1.165) is 6.07 Å². The Bertz CT molecular complexity index is 742. The third kappa shape index (κ3) is 4.32. The first-order valence-corrected chi connectivity index (χ1v) is 7.04. The number of benzene rings is 1. The Hall–Kier alpha value is -3.36. The molecular weight excluding hydrogens is 316 g/mol. The molecule has 1 aromatic carbocycles. The van der Waals surface area contributed by atoms with Crippen LogP contribution < -0.4 is 16.0 Å². The van der Waals surface area contributed by atoms with Gasteiger partial charge in [0.1, 0.15) is 11.4 Å². The summed E-state index contributed by atoms with van der Waals surface area (Å²) in [7, 11) is 1.55. The van der Waals surface area contributed by atoms with E-state index in [4.69, 9.17) is 4.42 Å². The molecule has 0 fully saturated rings. The molecule has 2 rings (SSSR count). The van der Waals surface area contributed by atoms with Crippen LogP contribution in [0, 0.1) is 10.1 Å². The number of amides is 2. The van der Waals surface area contributed by atoms with Gasteiger partial charge in [-0.05, 0) is 24.3 Å². The van der Waals surface area contributed by atoms with Gasteiger partial charge in [-0.1, -0.05) is 0 Å². The molecule has 2 amide bonds. The molecule has 0 aliphatic carbocycles. The van der Waals surface area contributed by atoms with Crippen molar-refractivity contribution in [3.05, 3.63) is 58.0 Å². The Morgan fingerprint density at radius 2 is 2.04 bits per heavy atom. The third-order valence-electron chi connectivity index (χ3n) is 3.18. The second kappa shape index (κ2) is 7.77. The molecule has 2 aromatic rings. The first-order valence-electron chi connectivity index (χ1n) is 7.04. The van der Waals surface area contributed by atoms with Gasteiger partial charge in [-0.2, -0.15) is 0 Å². The highest BCUT2D eigenvalue weighted by molar-refractivity contribution is 5.97. The van der Waals surface area contributed by atoms with Crippen LogP contribution in [0.2, 0.25) is 0 Å². The van der Waals surface area contributed by atoms with Crippen molar-refractivity contribution < 1.29 is 18.9 Å². The van der Waals surface area contributed by atoms with E-state index in [-0.39, 0.29) is 24.3 Å². The predicted molar refractivity (Wildman–Crippen MR) is 85.5 cm³/mol. The number of nitrogens with zero attached hydrogens (tertiary/aromatic N) is 1. The molecule has 0 spiro atoms. The summed E-state index contributed by atoms with van der Waals surface area (Å²) in [5.41, 5.74) is 0.180. The number of carbonyl (C=O) groups is 2. The number of hydrogen-bond donors (Lipinski definition) is 3. The largest absolute Gasteiger partial charge is 0.467 e. The van der Waals surface area contributed by atoms with E-state index in [1.807, 2.05) is 0 Å². The molecule has 0 aliphatic rings. The van der Waals surface area contributed by atoms with Crippen LogP contribution in [0.5, 0.6) is 0 Å². The average Bonchev–Trinajstić information content (AvgIpc) is 3.10. The SMILES string of the molecule is CNc1ccc(C(=O)NCC(=O)NCc2ccco2)cc1[N+](=O)[O-]. The van der Waals surface area contributed by atoms with Gasteiger partial charge < -0.3 is 20.4 Å². The highest BCUT2D eigenvalue weighted by atomic mass is 16.6. The number of nitrogens with one attached hydrogen (secondary N) is 3. The average molecular weight is 332 g/mol. The van der Waals surface area contributed by atoms with Crippen molar-refractivity contribution >= 4 is 23.2 Å². The van der Waals surface area contributed by atoms with E-state index in [9.17, 15) is 19.7 Å². The summed E-state index contributed by atoms with van der Waals surface area (Å²) in [6.45, 7) is -0.0365.